The fourth-order valence-electron chi connectivity index (χ4n) is 2.15. The van der Waals surface area contributed by atoms with E-state index >= 15 is 0 Å². The van der Waals surface area contributed by atoms with Crippen LogP contribution in [0.15, 0.2) is 35.8 Å². The van der Waals surface area contributed by atoms with E-state index < -0.39 is 0 Å². The summed E-state index contributed by atoms with van der Waals surface area (Å²) in [5.41, 5.74) is 1.29. The van der Waals surface area contributed by atoms with E-state index in [0.29, 0.717) is 6.04 Å². The number of aromatic nitrogens is 1. The molecule has 2 aromatic rings. The minimum absolute atomic E-state index is 0.420. The summed E-state index contributed by atoms with van der Waals surface area (Å²) < 4.78 is 5.27. The molecule has 19 heavy (non-hydrogen) atoms. The first-order valence-corrected chi connectivity index (χ1v) is 7.44. The second-order valence-electron chi connectivity index (χ2n) is 4.44. The molecule has 0 spiro atoms. The van der Waals surface area contributed by atoms with Gasteiger partial charge in [0, 0.05) is 24.0 Å². The van der Waals surface area contributed by atoms with Crippen LogP contribution >= 0.6 is 11.3 Å². The zero-order valence-corrected chi connectivity index (χ0v) is 12.2. The van der Waals surface area contributed by atoms with Gasteiger partial charge in [0.05, 0.1) is 12.1 Å². The number of hydrogen-bond acceptors (Lipinski definition) is 4. The number of nitrogens with one attached hydrogen (secondary N) is 1. The Labute approximate surface area is 118 Å². The molecule has 1 aromatic carbocycles. The van der Waals surface area contributed by atoms with Crippen molar-refractivity contribution in [3.8, 4) is 5.75 Å². The molecule has 1 aromatic heterocycles. The normalized spacial score (nSPS) is 12.3. The number of ether oxygens (including phenoxy) is 1. The van der Waals surface area contributed by atoms with Gasteiger partial charge in [-0.15, -0.1) is 11.3 Å². The molecular formula is C15H20N2OS. The van der Waals surface area contributed by atoms with E-state index in [1.807, 2.05) is 23.7 Å². The molecule has 0 bridgehead atoms. The molecule has 1 unspecified atom stereocenters. The number of nitrogens with zero attached hydrogens (tertiary/aromatic N) is 1. The van der Waals surface area contributed by atoms with Crippen LogP contribution in [0.2, 0.25) is 0 Å². The van der Waals surface area contributed by atoms with E-state index in [-0.39, 0.29) is 0 Å². The minimum atomic E-state index is 0.420. The molecule has 1 N–H and O–H groups in total. The van der Waals surface area contributed by atoms with Crippen molar-refractivity contribution in [2.75, 3.05) is 13.7 Å². The highest BCUT2D eigenvalue weighted by atomic mass is 32.1. The first kappa shape index (κ1) is 14.0. The van der Waals surface area contributed by atoms with Gasteiger partial charge in [-0.25, -0.2) is 4.98 Å². The van der Waals surface area contributed by atoms with Gasteiger partial charge in [0.2, 0.25) is 0 Å². The van der Waals surface area contributed by atoms with Crippen LogP contribution in [0, 0.1) is 0 Å². The van der Waals surface area contributed by atoms with Crippen molar-refractivity contribution < 1.29 is 4.74 Å². The molecule has 1 atom stereocenters. The fraction of sp³-hybridized carbons (Fsp3) is 0.400. The Kier molecular flexibility index (Phi) is 5.36. The molecule has 0 aliphatic heterocycles. The summed E-state index contributed by atoms with van der Waals surface area (Å²) in [7, 11) is 1.70. The van der Waals surface area contributed by atoms with Gasteiger partial charge >= 0.3 is 0 Å². The van der Waals surface area contributed by atoms with Gasteiger partial charge in [-0.1, -0.05) is 19.1 Å². The molecule has 2 rings (SSSR count). The molecule has 0 amide bonds. The predicted molar refractivity (Wildman–Crippen MR) is 80.0 cm³/mol. The van der Waals surface area contributed by atoms with Crippen molar-refractivity contribution in [3.63, 3.8) is 0 Å². The van der Waals surface area contributed by atoms with Crippen molar-refractivity contribution in [1.29, 1.82) is 0 Å². The summed E-state index contributed by atoms with van der Waals surface area (Å²) in [6, 6.07) is 8.69. The summed E-state index contributed by atoms with van der Waals surface area (Å²) >= 11 is 1.72. The standard InChI is InChI=1S/C15H20N2OS/c1-3-16-13(11-15-17-7-8-19-15)9-12-5-4-6-14(10-12)18-2/h4-8,10,13,16H,3,9,11H2,1-2H3. The van der Waals surface area contributed by atoms with E-state index in [1.54, 1.807) is 18.4 Å². The van der Waals surface area contributed by atoms with Crippen LogP contribution in [0.5, 0.6) is 5.75 Å². The Morgan fingerprint density at radius 3 is 2.95 bits per heavy atom. The molecule has 0 saturated carbocycles. The fourth-order valence-corrected chi connectivity index (χ4v) is 2.85. The highest BCUT2D eigenvalue weighted by Gasteiger charge is 2.11. The number of hydrogen-bond donors (Lipinski definition) is 1. The first-order valence-electron chi connectivity index (χ1n) is 6.56. The quantitative estimate of drug-likeness (QED) is 0.844. The van der Waals surface area contributed by atoms with Crippen LogP contribution in [0.1, 0.15) is 17.5 Å². The molecule has 4 heteroatoms. The van der Waals surface area contributed by atoms with Gasteiger partial charge < -0.3 is 10.1 Å². The number of thiazole rings is 1. The van der Waals surface area contributed by atoms with E-state index in [2.05, 4.69) is 29.4 Å². The summed E-state index contributed by atoms with van der Waals surface area (Å²) in [5, 5.41) is 6.75. The molecule has 3 nitrogen and oxygen atoms in total. The van der Waals surface area contributed by atoms with Crippen molar-refractivity contribution in [3.05, 3.63) is 46.4 Å². The van der Waals surface area contributed by atoms with E-state index in [1.165, 1.54) is 10.6 Å². The van der Waals surface area contributed by atoms with Crippen molar-refractivity contribution in [2.24, 2.45) is 0 Å². The van der Waals surface area contributed by atoms with Crippen LogP contribution in [-0.2, 0) is 12.8 Å². The Balaban J connectivity index is 2.02. The molecule has 0 aliphatic carbocycles. The number of likely N-dealkylation sites (N-methyl/N-ethyl adjacent to an activating group) is 1. The average molecular weight is 276 g/mol. The smallest absolute Gasteiger partial charge is 0.119 e. The van der Waals surface area contributed by atoms with Gasteiger partial charge in [0.15, 0.2) is 0 Å². The third kappa shape index (κ3) is 4.33. The van der Waals surface area contributed by atoms with E-state index in [0.717, 1.165) is 25.1 Å². The van der Waals surface area contributed by atoms with Gasteiger partial charge in [-0.2, -0.15) is 0 Å². The molecule has 0 radical (unpaired) electrons. The Bertz CT molecular complexity index is 485. The summed E-state index contributed by atoms with van der Waals surface area (Å²) in [6.45, 7) is 3.11. The predicted octanol–water partition coefficient (Wildman–Crippen LogP) is 2.92. The second kappa shape index (κ2) is 7.26. The zero-order chi connectivity index (χ0) is 13.5. The third-order valence-electron chi connectivity index (χ3n) is 3.01. The molecule has 102 valence electrons. The Morgan fingerprint density at radius 2 is 2.26 bits per heavy atom. The van der Waals surface area contributed by atoms with Crippen LogP contribution in [0.25, 0.3) is 0 Å². The van der Waals surface area contributed by atoms with Crippen molar-refractivity contribution in [2.45, 2.75) is 25.8 Å². The average Bonchev–Trinajstić information content (AvgIpc) is 2.92. The maximum absolute atomic E-state index is 5.27. The molecule has 0 fully saturated rings. The van der Waals surface area contributed by atoms with Crippen LogP contribution in [-0.4, -0.2) is 24.7 Å². The van der Waals surface area contributed by atoms with Gasteiger partial charge in [-0.3, -0.25) is 0 Å². The zero-order valence-electron chi connectivity index (χ0n) is 11.4. The molecular weight excluding hydrogens is 256 g/mol. The number of methoxy groups -OCH3 is 1. The molecule has 1 heterocycles. The van der Waals surface area contributed by atoms with E-state index in [9.17, 15) is 0 Å². The van der Waals surface area contributed by atoms with Crippen molar-refractivity contribution >= 4 is 11.3 Å². The van der Waals surface area contributed by atoms with Crippen LogP contribution in [0.3, 0.4) is 0 Å². The number of benzene rings is 1. The lowest BCUT2D eigenvalue weighted by Gasteiger charge is -2.17. The summed E-state index contributed by atoms with van der Waals surface area (Å²) in [4.78, 5) is 4.37. The maximum Gasteiger partial charge on any atom is 0.119 e. The molecule has 0 saturated heterocycles. The maximum atomic E-state index is 5.27. The van der Waals surface area contributed by atoms with Crippen LogP contribution < -0.4 is 10.1 Å². The Morgan fingerprint density at radius 1 is 1.37 bits per heavy atom. The highest BCUT2D eigenvalue weighted by molar-refractivity contribution is 7.09. The second-order valence-corrected chi connectivity index (χ2v) is 5.42. The monoisotopic (exact) mass is 276 g/mol. The lowest BCUT2D eigenvalue weighted by atomic mass is 10.0. The first-order chi connectivity index (χ1) is 9.31. The molecule has 0 aliphatic rings. The largest absolute Gasteiger partial charge is 0.497 e. The highest BCUT2D eigenvalue weighted by Crippen LogP contribution is 2.16. The third-order valence-corrected chi connectivity index (χ3v) is 3.82. The number of rotatable bonds is 7. The van der Waals surface area contributed by atoms with Crippen molar-refractivity contribution in [1.82, 2.24) is 10.3 Å². The minimum Gasteiger partial charge on any atom is -0.497 e. The van der Waals surface area contributed by atoms with E-state index in [4.69, 9.17) is 4.74 Å². The summed E-state index contributed by atoms with van der Waals surface area (Å²) in [5.74, 6) is 0.919. The Hall–Kier alpha value is -1.39. The SMILES string of the molecule is CCNC(Cc1cccc(OC)c1)Cc1nccs1. The lowest BCUT2D eigenvalue weighted by Crippen LogP contribution is -2.33. The van der Waals surface area contributed by atoms with Gasteiger partial charge in [0.1, 0.15) is 5.75 Å². The van der Waals surface area contributed by atoms with Gasteiger partial charge in [0.25, 0.3) is 0 Å². The van der Waals surface area contributed by atoms with Crippen LogP contribution in [0.4, 0.5) is 0 Å². The summed E-state index contributed by atoms with van der Waals surface area (Å²) in [6.07, 6.45) is 3.84. The van der Waals surface area contributed by atoms with Gasteiger partial charge in [-0.05, 0) is 30.7 Å². The topological polar surface area (TPSA) is 34.1 Å². The lowest BCUT2D eigenvalue weighted by molar-refractivity contribution is 0.413.